The van der Waals surface area contributed by atoms with Gasteiger partial charge in [-0.1, -0.05) is 23.7 Å². The van der Waals surface area contributed by atoms with E-state index in [4.69, 9.17) is 25.9 Å². The molecule has 0 aliphatic heterocycles. The van der Waals surface area contributed by atoms with Gasteiger partial charge in [0.05, 0.1) is 16.4 Å². The molecule has 0 unspecified atom stereocenters. The number of ether oxygens (including phenoxy) is 1. The summed E-state index contributed by atoms with van der Waals surface area (Å²) in [7, 11) is 0. The second-order valence-electron chi connectivity index (χ2n) is 6.62. The van der Waals surface area contributed by atoms with Crippen molar-refractivity contribution in [2.75, 3.05) is 6.61 Å². The maximum Gasteiger partial charge on any atom is 0.312 e. The zero-order valence-corrected chi connectivity index (χ0v) is 15.0. The van der Waals surface area contributed by atoms with Crippen molar-refractivity contribution in [1.29, 1.82) is 0 Å². The fourth-order valence-corrected chi connectivity index (χ4v) is 2.48. The molecule has 0 fully saturated rings. The van der Waals surface area contributed by atoms with Gasteiger partial charge in [-0.3, -0.25) is 9.59 Å². The van der Waals surface area contributed by atoms with E-state index in [1.54, 1.807) is 56.3 Å². The molecule has 134 valence electrons. The second kappa shape index (κ2) is 6.84. The van der Waals surface area contributed by atoms with Crippen LogP contribution in [0.3, 0.4) is 0 Å². The molecular formula is C20H17ClO5. The lowest BCUT2D eigenvalue weighted by molar-refractivity contribution is -0.148. The first kappa shape index (κ1) is 18.0. The Morgan fingerprint density at radius 3 is 2.54 bits per heavy atom. The van der Waals surface area contributed by atoms with Gasteiger partial charge in [-0.25, -0.2) is 0 Å². The summed E-state index contributed by atoms with van der Waals surface area (Å²) in [5, 5.41) is 10.1. The van der Waals surface area contributed by atoms with Crippen molar-refractivity contribution in [2.24, 2.45) is 5.41 Å². The van der Waals surface area contributed by atoms with Gasteiger partial charge in [0.2, 0.25) is 0 Å². The molecule has 0 atom stereocenters. The number of carbonyl (C=O) groups is 1. The van der Waals surface area contributed by atoms with Crippen molar-refractivity contribution in [3.63, 3.8) is 0 Å². The number of carboxylic acids is 1. The van der Waals surface area contributed by atoms with Crippen LogP contribution in [0.4, 0.5) is 0 Å². The zero-order valence-electron chi connectivity index (χ0n) is 14.3. The predicted octanol–water partition coefficient (Wildman–Crippen LogP) is 4.60. The molecule has 0 bridgehead atoms. The highest BCUT2D eigenvalue weighted by Crippen LogP contribution is 2.25. The van der Waals surface area contributed by atoms with E-state index in [1.807, 2.05) is 0 Å². The maximum absolute atomic E-state index is 12.7. The Kier molecular flexibility index (Phi) is 4.74. The Morgan fingerprint density at radius 1 is 1.19 bits per heavy atom. The molecule has 3 aromatic rings. The van der Waals surface area contributed by atoms with E-state index in [0.29, 0.717) is 32.9 Å². The lowest BCUT2D eigenvalue weighted by Crippen LogP contribution is -2.30. The minimum absolute atomic E-state index is 0.000923. The fraction of sp³-hybridized carbons (Fsp3) is 0.200. The summed E-state index contributed by atoms with van der Waals surface area (Å²) in [6, 6.07) is 11.8. The molecule has 0 aliphatic carbocycles. The van der Waals surface area contributed by atoms with Gasteiger partial charge < -0.3 is 14.3 Å². The predicted molar refractivity (Wildman–Crippen MR) is 99.8 cm³/mol. The van der Waals surface area contributed by atoms with Crippen molar-refractivity contribution in [3.05, 3.63) is 64.0 Å². The van der Waals surface area contributed by atoms with Crippen LogP contribution in [0.1, 0.15) is 13.8 Å². The van der Waals surface area contributed by atoms with Crippen molar-refractivity contribution >= 4 is 28.5 Å². The van der Waals surface area contributed by atoms with Crippen LogP contribution >= 0.6 is 11.6 Å². The van der Waals surface area contributed by atoms with Crippen LogP contribution < -0.4 is 10.2 Å². The highest BCUT2D eigenvalue weighted by molar-refractivity contribution is 6.30. The summed E-state index contributed by atoms with van der Waals surface area (Å²) in [4.78, 5) is 23.9. The molecule has 0 spiro atoms. The van der Waals surface area contributed by atoms with E-state index in [0.717, 1.165) is 0 Å². The van der Waals surface area contributed by atoms with Crippen LogP contribution in [0, 0.1) is 5.41 Å². The van der Waals surface area contributed by atoms with Gasteiger partial charge >= 0.3 is 5.97 Å². The first-order valence-electron chi connectivity index (χ1n) is 7.96. The van der Waals surface area contributed by atoms with Gasteiger partial charge in [0.1, 0.15) is 24.2 Å². The van der Waals surface area contributed by atoms with Crippen LogP contribution in [0.15, 0.2) is 57.9 Å². The molecule has 1 N–H and O–H groups in total. The van der Waals surface area contributed by atoms with Gasteiger partial charge in [-0.2, -0.15) is 0 Å². The molecule has 0 radical (unpaired) electrons. The van der Waals surface area contributed by atoms with Gasteiger partial charge in [-0.15, -0.1) is 0 Å². The average molecular weight is 373 g/mol. The highest BCUT2D eigenvalue weighted by Gasteiger charge is 2.28. The molecule has 0 saturated carbocycles. The molecule has 1 heterocycles. The largest absolute Gasteiger partial charge is 0.492 e. The smallest absolute Gasteiger partial charge is 0.312 e. The van der Waals surface area contributed by atoms with Crippen LogP contribution in [-0.4, -0.2) is 17.7 Å². The number of carboxylic acid groups (broad SMARTS) is 1. The van der Waals surface area contributed by atoms with Gasteiger partial charge in [0, 0.05) is 11.1 Å². The molecule has 2 aromatic carbocycles. The molecule has 0 saturated heterocycles. The van der Waals surface area contributed by atoms with E-state index in [-0.39, 0.29) is 12.0 Å². The Hall–Kier alpha value is -2.79. The van der Waals surface area contributed by atoms with E-state index >= 15 is 0 Å². The quantitative estimate of drug-likeness (QED) is 0.708. The fourth-order valence-electron chi connectivity index (χ4n) is 2.35. The first-order valence-corrected chi connectivity index (χ1v) is 8.33. The monoisotopic (exact) mass is 372 g/mol. The number of halogens is 1. The van der Waals surface area contributed by atoms with E-state index in [2.05, 4.69) is 0 Å². The molecule has 0 amide bonds. The number of hydrogen-bond donors (Lipinski definition) is 1. The normalized spacial score (nSPS) is 11.5. The SMILES string of the molecule is CC(C)(COc1ccc2c(=O)c(-c3ccc(Cl)cc3)coc2c1)C(=O)O. The molecule has 5 nitrogen and oxygen atoms in total. The molecule has 0 aliphatic rings. The Labute approximate surface area is 154 Å². The average Bonchev–Trinajstić information content (AvgIpc) is 2.61. The van der Waals surface area contributed by atoms with Gasteiger partial charge in [-0.05, 0) is 43.7 Å². The van der Waals surface area contributed by atoms with Crippen molar-refractivity contribution in [1.82, 2.24) is 0 Å². The summed E-state index contributed by atoms with van der Waals surface area (Å²) in [5.41, 5.74) is 0.349. The first-order chi connectivity index (χ1) is 12.3. The summed E-state index contributed by atoms with van der Waals surface area (Å²) in [6.07, 6.45) is 1.40. The third-order valence-electron chi connectivity index (χ3n) is 4.08. The highest BCUT2D eigenvalue weighted by atomic mass is 35.5. The molecule has 3 rings (SSSR count). The number of hydrogen-bond acceptors (Lipinski definition) is 4. The number of aliphatic carboxylic acids is 1. The molecule has 1 aromatic heterocycles. The molecule has 6 heteroatoms. The summed E-state index contributed by atoms with van der Waals surface area (Å²) < 4.78 is 11.1. The Balaban J connectivity index is 1.92. The van der Waals surface area contributed by atoms with Crippen molar-refractivity contribution < 1.29 is 19.1 Å². The van der Waals surface area contributed by atoms with Crippen molar-refractivity contribution in [2.45, 2.75) is 13.8 Å². The minimum atomic E-state index is -1.02. The number of fused-ring (bicyclic) bond motifs is 1. The Morgan fingerprint density at radius 2 is 1.88 bits per heavy atom. The van der Waals surface area contributed by atoms with Gasteiger partial charge in [0.25, 0.3) is 0 Å². The van der Waals surface area contributed by atoms with E-state index in [1.165, 1.54) is 6.26 Å². The summed E-state index contributed by atoms with van der Waals surface area (Å²) in [5.74, 6) is -0.508. The third kappa shape index (κ3) is 3.58. The lowest BCUT2D eigenvalue weighted by Gasteiger charge is -2.19. The van der Waals surface area contributed by atoms with E-state index in [9.17, 15) is 9.59 Å². The van der Waals surface area contributed by atoms with E-state index < -0.39 is 11.4 Å². The molecular weight excluding hydrogens is 356 g/mol. The zero-order chi connectivity index (χ0) is 18.9. The lowest BCUT2D eigenvalue weighted by atomic mass is 9.95. The van der Waals surface area contributed by atoms with Crippen LogP contribution in [0.5, 0.6) is 5.75 Å². The van der Waals surface area contributed by atoms with Gasteiger partial charge in [0.15, 0.2) is 5.43 Å². The van der Waals surface area contributed by atoms with Crippen LogP contribution in [-0.2, 0) is 4.79 Å². The van der Waals surface area contributed by atoms with Crippen molar-refractivity contribution in [3.8, 4) is 16.9 Å². The summed E-state index contributed by atoms with van der Waals surface area (Å²) >= 11 is 5.88. The molecule has 26 heavy (non-hydrogen) atoms. The standard InChI is InChI=1S/C20H17ClO5/c1-20(2,19(23)24)11-26-14-7-8-15-17(9-14)25-10-16(18(15)22)12-3-5-13(21)6-4-12/h3-10H,11H2,1-2H3,(H,23,24). The van der Waals surface area contributed by atoms with Crippen LogP contribution in [0.2, 0.25) is 5.02 Å². The second-order valence-corrected chi connectivity index (χ2v) is 7.06. The maximum atomic E-state index is 12.7. The third-order valence-corrected chi connectivity index (χ3v) is 4.33. The van der Waals surface area contributed by atoms with Crippen LogP contribution in [0.25, 0.3) is 22.1 Å². The topological polar surface area (TPSA) is 76.7 Å². The Bertz CT molecular complexity index is 1020. The minimum Gasteiger partial charge on any atom is -0.492 e. The number of benzene rings is 2. The summed E-state index contributed by atoms with van der Waals surface area (Å²) in [6.45, 7) is 3.16. The number of rotatable bonds is 5.